The highest BCUT2D eigenvalue weighted by Crippen LogP contribution is 2.28. The van der Waals surface area contributed by atoms with E-state index in [1.807, 2.05) is 0 Å². The molecule has 0 aromatic rings. The molecular formula is C7H15NO. The van der Waals surface area contributed by atoms with Crippen molar-refractivity contribution in [3.63, 3.8) is 0 Å². The fourth-order valence-electron chi connectivity index (χ4n) is 1.22. The molecule has 1 aliphatic rings. The van der Waals surface area contributed by atoms with Gasteiger partial charge in [0.15, 0.2) is 0 Å². The summed E-state index contributed by atoms with van der Waals surface area (Å²) in [4.78, 5) is 0. The van der Waals surface area contributed by atoms with Gasteiger partial charge in [-0.05, 0) is 12.8 Å². The molecule has 0 radical (unpaired) electrons. The van der Waals surface area contributed by atoms with Crippen molar-refractivity contribution in [2.45, 2.75) is 33.1 Å². The summed E-state index contributed by atoms with van der Waals surface area (Å²) in [6.07, 6.45) is 0.310. The molecule has 1 heterocycles. The van der Waals surface area contributed by atoms with Crippen LogP contribution in [0.5, 0.6) is 0 Å². The Hall–Kier alpha value is -0.0800. The first-order chi connectivity index (χ1) is 4.13. The van der Waals surface area contributed by atoms with Crippen LogP contribution in [0.4, 0.5) is 0 Å². The average molecular weight is 129 g/mol. The van der Waals surface area contributed by atoms with Gasteiger partial charge in [-0.1, -0.05) is 13.8 Å². The monoisotopic (exact) mass is 129 g/mol. The molecule has 0 spiro atoms. The highest BCUT2D eigenvalue weighted by molar-refractivity contribution is 4.79. The Bertz CT molecular complexity index is 93.1. The Morgan fingerprint density at radius 2 is 1.67 bits per heavy atom. The number of hydrogen-bond acceptors (Lipinski definition) is 2. The van der Waals surface area contributed by atoms with Crippen LogP contribution in [0.15, 0.2) is 0 Å². The lowest BCUT2D eigenvalue weighted by Crippen LogP contribution is -2.25. The highest BCUT2D eigenvalue weighted by Gasteiger charge is 2.33. The Morgan fingerprint density at radius 1 is 1.11 bits per heavy atom. The molecule has 0 saturated carbocycles. The zero-order chi connectivity index (χ0) is 7.02. The van der Waals surface area contributed by atoms with Crippen molar-refractivity contribution in [2.75, 3.05) is 0 Å². The van der Waals surface area contributed by atoms with Crippen molar-refractivity contribution in [2.24, 2.45) is 17.6 Å². The molecule has 54 valence electrons. The van der Waals surface area contributed by atoms with Crippen molar-refractivity contribution in [1.82, 2.24) is 0 Å². The summed E-state index contributed by atoms with van der Waals surface area (Å²) >= 11 is 0. The Morgan fingerprint density at radius 3 is 1.78 bits per heavy atom. The summed E-state index contributed by atoms with van der Waals surface area (Å²) < 4.78 is 5.36. The largest absolute Gasteiger partial charge is 0.360 e. The van der Waals surface area contributed by atoms with Crippen molar-refractivity contribution < 1.29 is 4.74 Å². The molecule has 9 heavy (non-hydrogen) atoms. The van der Waals surface area contributed by atoms with Gasteiger partial charge in [-0.15, -0.1) is 0 Å². The van der Waals surface area contributed by atoms with Gasteiger partial charge < -0.3 is 10.5 Å². The minimum absolute atomic E-state index is 0.0324. The Balaban J connectivity index is 2.54. The van der Waals surface area contributed by atoms with E-state index in [-0.39, 0.29) is 6.23 Å². The second-order valence-corrected chi connectivity index (χ2v) is 3.02. The lowest BCUT2D eigenvalue weighted by atomic mass is 9.94. The summed E-state index contributed by atoms with van der Waals surface area (Å²) in [6.45, 7) is 6.40. The Kier molecular flexibility index (Phi) is 1.78. The van der Waals surface area contributed by atoms with Gasteiger partial charge in [0.2, 0.25) is 0 Å². The molecular weight excluding hydrogens is 114 g/mol. The van der Waals surface area contributed by atoms with Gasteiger partial charge in [-0.25, -0.2) is 0 Å². The van der Waals surface area contributed by atoms with Gasteiger partial charge in [0.1, 0.15) is 6.23 Å². The number of nitrogens with two attached hydrogens (primary N) is 1. The van der Waals surface area contributed by atoms with E-state index in [9.17, 15) is 0 Å². The summed E-state index contributed by atoms with van der Waals surface area (Å²) in [5.41, 5.74) is 5.64. The maximum Gasteiger partial charge on any atom is 0.108 e. The van der Waals surface area contributed by atoms with E-state index in [0.717, 1.165) is 0 Å². The van der Waals surface area contributed by atoms with Gasteiger partial charge in [0.05, 0.1) is 6.10 Å². The maximum atomic E-state index is 5.64. The molecule has 1 saturated heterocycles. The highest BCUT2D eigenvalue weighted by atomic mass is 16.5. The fourth-order valence-corrected chi connectivity index (χ4v) is 1.22. The summed E-state index contributed by atoms with van der Waals surface area (Å²) in [6, 6.07) is 0. The Labute approximate surface area is 56.4 Å². The predicted octanol–water partition coefficient (Wildman–Crippen LogP) is 0.962. The van der Waals surface area contributed by atoms with E-state index in [4.69, 9.17) is 10.5 Å². The molecule has 0 bridgehead atoms. The van der Waals surface area contributed by atoms with E-state index >= 15 is 0 Å². The van der Waals surface area contributed by atoms with Gasteiger partial charge in [0.25, 0.3) is 0 Å². The molecule has 0 amide bonds. The molecule has 0 aliphatic carbocycles. The van der Waals surface area contributed by atoms with E-state index in [2.05, 4.69) is 20.8 Å². The molecule has 2 heteroatoms. The molecule has 1 aliphatic heterocycles. The second-order valence-electron chi connectivity index (χ2n) is 3.02. The molecule has 1 fully saturated rings. The van der Waals surface area contributed by atoms with Crippen LogP contribution in [-0.2, 0) is 4.74 Å². The van der Waals surface area contributed by atoms with Crippen LogP contribution in [0, 0.1) is 11.8 Å². The molecule has 0 aromatic heterocycles. The second kappa shape index (κ2) is 2.27. The first-order valence-electron chi connectivity index (χ1n) is 3.54. The fraction of sp³-hybridized carbons (Fsp3) is 1.00. The maximum absolute atomic E-state index is 5.64. The lowest BCUT2D eigenvalue weighted by Gasteiger charge is -2.10. The van der Waals surface area contributed by atoms with Crippen LogP contribution < -0.4 is 5.73 Å². The van der Waals surface area contributed by atoms with Crippen molar-refractivity contribution in [1.29, 1.82) is 0 Å². The third kappa shape index (κ3) is 1.10. The summed E-state index contributed by atoms with van der Waals surface area (Å²) in [5.74, 6) is 1.12. The number of rotatable bonds is 0. The molecule has 2 N–H and O–H groups in total. The number of hydrogen-bond donors (Lipinski definition) is 1. The quantitative estimate of drug-likeness (QED) is 0.528. The van der Waals surface area contributed by atoms with E-state index < -0.39 is 0 Å². The van der Waals surface area contributed by atoms with Crippen molar-refractivity contribution in [3.8, 4) is 0 Å². The molecule has 2 nitrogen and oxygen atoms in total. The zero-order valence-corrected chi connectivity index (χ0v) is 6.29. The van der Waals surface area contributed by atoms with E-state index in [1.165, 1.54) is 0 Å². The van der Waals surface area contributed by atoms with Crippen LogP contribution in [0.1, 0.15) is 20.8 Å². The van der Waals surface area contributed by atoms with Crippen molar-refractivity contribution >= 4 is 0 Å². The van der Waals surface area contributed by atoms with Gasteiger partial charge in [-0.3, -0.25) is 0 Å². The van der Waals surface area contributed by atoms with Crippen LogP contribution in [0.2, 0.25) is 0 Å². The number of ether oxygens (including phenoxy) is 1. The van der Waals surface area contributed by atoms with E-state index in [0.29, 0.717) is 17.9 Å². The third-order valence-corrected chi connectivity index (χ3v) is 2.46. The molecule has 0 aromatic carbocycles. The van der Waals surface area contributed by atoms with Gasteiger partial charge in [-0.2, -0.15) is 0 Å². The average Bonchev–Trinajstić information content (AvgIpc) is 1.98. The van der Waals surface area contributed by atoms with Crippen LogP contribution in [0.25, 0.3) is 0 Å². The van der Waals surface area contributed by atoms with Crippen LogP contribution in [-0.4, -0.2) is 12.3 Å². The standard InChI is InChI=1S/C7H15NO/c1-4-5(2)7(8)9-6(4)3/h4-7H,8H2,1-3H3. The molecule has 4 unspecified atom stereocenters. The SMILES string of the molecule is CC1OC(N)C(C)C1C. The zero-order valence-electron chi connectivity index (χ0n) is 6.29. The predicted molar refractivity (Wildman–Crippen MR) is 36.9 cm³/mol. The minimum atomic E-state index is -0.0324. The van der Waals surface area contributed by atoms with Gasteiger partial charge >= 0.3 is 0 Å². The topological polar surface area (TPSA) is 35.2 Å². The third-order valence-electron chi connectivity index (χ3n) is 2.46. The van der Waals surface area contributed by atoms with E-state index in [1.54, 1.807) is 0 Å². The van der Waals surface area contributed by atoms with Crippen LogP contribution >= 0.6 is 0 Å². The normalized spacial score (nSPS) is 52.0. The van der Waals surface area contributed by atoms with Gasteiger partial charge in [0, 0.05) is 5.92 Å². The first kappa shape index (κ1) is 7.03. The minimum Gasteiger partial charge on any atom is -0.360 e. The molecule has 4 atom stereocenters. The van der Waals surface area contributed by atoms with Crippen molar-refractivity contribution in [3.05, 3.63) is 0 Å². The smallest absolute Gasteiger partial charge is 0.108 e. The van der Waals surface area contributed by atoms with Crippen LogP contribution in [0.3, 0.4) is 0 Å². The summed E-state index contributed by atoms with van der Waals surface area (Å²) in [5, 5.41) is 0. The first-order valence-corrected chi connectivity index (χ1v) is 3.54. The lowest BCUT2D eigenvalue weighted by molar-refractivity contribution is 0.0453. The molecule has 1 rings (SSSR count). The summed E-state index contributed by atoms with van der Waals surface area (Å²) in [7, 11) is 0.